The van der Waals surface area contributed by atoms with Crippen LogP contribution in [0.1, 0.15) is 52.7 Å². The number of benzene rings is 9. The van der Waals surface area contributed by atoms with Crippen molar-refractivity contribution in [3.8, 4) is 11.1 Å². The molecule has 1 aliphatic heterocycles. The maximum Gasteiger partial charge on any atom is 0.257 e. The molecule has 0 radical (unpaired) electrons. The largest absolute Gasteiger partial charge is 0.257 e. The first-order valence-electron chi connectivity index (χ1n) is 24.1. The molecule has 0 saturated carbocycles. The third-order valence-electron chi connectivity index (χ3n) is 15.1. The second-order valence-electron chi connectivity index (χ2n) is 22.1. The van der Waals surface area contributed by atoms with Crippen LogP contribution < -0.4 is 43.2 Å². The molecule has 0 fully saturated rings. The molecule has 0 N–H and O–H groups in total. The van der Waals surface area contributed by atoms with Crippen molar-refractivity contribution in [1.82, 2.24) is 0 Å². The van der Waals surface area contributed by atoms with E-state index in [1.165, 1.54) is 90.1 Å². The van der Waals surface area contributed by atoms with Crippen LogP contribution in [0.15, 0.2) is 72.8 Å². The summed E-state index contributed by atoms with van der Waals surface area (Å²) >= 11 is 0. The predicted molar refractivity (Wildman–Crippen MR) is 273 cm³/mol. The van der Waals surface area contributed by atoms with Gasteiger partial charge in [-0.2, -0.15) is 0 Å². The zero-order valence-electron chi connectivity index (χ0n) is 42.4. The maximum absolute atomic E-state index is 16.8. The van der Waals surface area contributed by atoms with Crippen molar-refractivity contribution < 1.29 is 79.0 Å². The Balaban J connectivity index is 1.30. The second-order valence-corrected chi connectivity index (χ2v) is 26.4. The van der Waals surface area contributed by atoms with Crippen LogP contribution in [0.25, 0.3) is 43.4 Å². The minimum Gasteiger partial charge on any atom is -0.204 e. The fraction of sp³-hybridized carbons (Fsp3) is 0.172. The van der Waals surface area contributed by atoms with E-state index in [0.717, 1.165) is 12.1 Å². The van der Waals surface area contributed by atoms with Crippen molar-refractivity contribution in [2.75, 3.05) is 0 Å². The van der Waals surface area contributed by atoms with E-state index in [0.29, 0.717) is 16.1 Å². The minimum atomic E-state index is -3.48. The van der Waals surface area contributed by atoms with E-state index in [2.05, 4.69) is 0 Å². The van der Waals surface area contributed by atoms with Gasteiger partial charge in [0.2, 0.25) is 0 Å². The van der Waals surface area contributed by atoms with Crippen molar-refractivity contribution in [2.24, 2.45) is 0 Å². The molecule has 9 aromatic carbocycles. The molecule has 0 nitrogen and oxygen atoms in total. The average Bonchev–Trinajstić information content (AvgIpc) is 3.39. The van der Waals surface area contributed by atoms with Crippen molar-refractivity contribution in [3.63, 3.8) is 0 Å². The van der Waals surface area contributed by atoms with Gasteiger partial charge in [-0.1, -0.05) is 132 Å². The van der Waals surface area contributed by atoms with Crippen molar-refractivity contribution in [3.05, 3.63) is 189 Å². The van der Waals surface area contributed by atoms with Crippen LogP contribution in [0.4, 0.5) is 79.0 Å². The lowest BCUT2D eigenvalue weighted by molar-refractivity contribution is 0.384. The van der Waals surface area contributed by atoms with E-state index in [1.807, 2.05) is 0 Å². The van der Waals surface area contributed by atoms with Crippen molar-refractivity contribution >= 4 is 97.0 Å². The van der Waals surface area contributed by atoms with Crippen LogP contribution in [0.2, 0.25) is 13.1 Å². The summed E-state index contributed by atoms with van der Waals surface area (Å²) in [5, 5.41) is 1.54. The zero-order chi connectivity index (χ0) is 57.9. The zero-order valence-corrected chi connectivity index (χ0v) is 43.4. The SMILES string of the molecule is CC(C)(C)c1c(F)c(F)c(B(c2ccc3c(c2)[Si](C)(C)c2cccc4c2c-3cc2c3ccccc3c(B(c3c(F)c(F)c(F)c(F)c3F)c3c(F)c(F)c(C(C)(C)C)c(F)c3F)cc42)c2c(F)c(F)c(F)c(F)c2F)c(F)c1F. The van der Waals surface area contributed by atoms with Gasteiger partial charge >= 0.3 is 0 Å². The Kier molecular flexibility index (Phi) is 12.9. The Labute approximate surface area is 439 Å². The Morgan fingerprint density at radius 2 is 0.684 bits per heavy atom. The van der Waals surface area contributed by atoms with Crippen LogP contribution in [0.5, 0.6) is 0 Å². The predicted octanol–water partition coefficient (Wildman–Crippen LogP) is 12.1. The third kappa shape index (κ3) is 7.85. The standard InChI is InChI=1S/C58H36B2F18Si/c1-57(2,3)33-39(61)43(65)35(44(66)40(33)62)59(36-47(69)51(73)55(77)52(74)48(36)70)21-16-17-24-28-19-26-22-12-9-10-13-23(22)29(20-27(26)25-14-11-15-30(32(25)28)79(7,8)31(24)18-21)60(38-49(71)53(75)56(78)54(76)50(38)72)37-45(67)41(63)34(58(4,5)6)42(64)46(37)68/h9-20H,1-8H3. The highest BCUT2D eigenvalue weighted by atomic mass is 28.3. The van der Waals surface area contributed by atoms with Crippen LogP contribution in [0, 0.1) is 105 Å². The lowest BCUT2D eigenvalue weighted by Crippen LogP contribution is -2.61. The first-order valence-corrected chi connectivity index (χ1v) is 27.1. The van der Waals surface area contributed by atoms with Gasteiger partial charge in [0.15, 0.2) is 105 Å². The van der Waals surface area contributed by atoms with E-state index < -0.39 is 181 Å². The number of hydrogen-bond acceptors (Lipinski definition) is 0. The molecule has 21 heteroatoms. The summed E-state index contributed by atoms with van der Waals surface area (Å²) in [4.78, 5) is 0. The molecule has 0 aliphatic carbocycles. The molecule has 0 spiro atoms. The lowest BCUT2D eigenvalue weighted by Gasteiger charge is -2.35. The summed E-state index contributed by atoms with van der Waals surface area (Å²) in [6.45, 7) is 5.04. The highest BCUT2D eigenvalue weighted by Gasteiger charge is 2.46. The van der Waals surface area contributed by atoms with Gasteiger partial charge in [-0.05, 0) is 70.7 Å². The third-order valence-corrected chi connectivity index (χ3v) is 18.6. The molecule has 0 unspecified atom stereocenters. The summed E-state index contributed by atoms with van der Waals surface area (Å²) in [5.41, 5.74) is -13.3. The van der Waals surface area contributed by atoms with Crippen molar-refractivity contribution in [2.45, 2.75) is 65.5 Å². The Morgan fingerprint density at radius 3 is 1.11 bits per heavy atom. The van der Waals surface area contributed by atoms with Gasteiger partial charge < -0.3 is 0 Å². The van der Waals surface area contributed by atoms with Gasteiger partial charge in [0.25, 0.3) is 13.4 Å². The summed E-state index contributed by atoms with van der Waals surface area (Å²) in [6.07, 6.45) is 0. The fourth-order valence-corrected chi connectivity index (χ4v) is 14.6. The van der Waals surface area contributed by atoms with E-state index in [1.54, 1.807) is 25.2 Å². The molecule has 9 aromatic rings. The first-order chi connectivity index (χ1) is 36.8. The number of hydrogen-bond donors (Lipinski definition) is 0. The van der Waals surface area contributed by atoms with Crippen LogP contribution >= 0.6 is 0 Å². The Hall–Kier alpha value is -7.15. The van der Waals surface area contributed by atoms with E-state index in [-0.39, 0.29) is 37.7 Å². The minimum absolute atomic E-state index is 0.0563. The molecule has 0 atom stereocenters. The maximum atomic E-state index is 16.8. The summed E-state index contributed by atoms with van der Waals surface area (Å²) in [5.74, 6) is -42.5. The molecular weight excluding hydrogens is 1090 g/mol. The Bertz CT molecular complexity index is 4080. The van der Waals surface area contributed by atoms with E-state index >= 15 is 70.2 Å². The van der Waals surface area contributed by atoms with E-state index in [4.69, 9.17) is 0 Å². The van der Waals surface area contributed by atoms with Crippen LogP contribution in [-0.4, -0.2) is 21.5 Å². The fourth-order valence-electron chi connectivity index (χ4n) is 11.5. The highest BCUT2D eigenvalue weighted by Crippen LogP contribution is 2.41. The van der Waals surface area contributed by atoms with Crippen molar-refractivity contribution in [1.29, 1.82) is 0 Å². The van der Waals surface area contributed by atoms with Gasteiger partial charge in [-0.15, -0.1) is 0 Å². The molecule has 0 amide bonds. The summed E-state index contributed by atoms with van der Waals surface area (Å²) < 4.78 is 286. The molecular formula is C58H36B2F18Si. The Morgan fingerprint density at radius 1 is 0.316 bits per heavy atom. The molecule has 0 aromatic heterocycles. The monoisotopic (exact) mass is 1120 g/mol. The van der Waals surface area contributed by atoms with Crippen LogP contribution in [-0.2, 0) is 10.8 Å². The average molecular weight is 1120 g/mol. The summed E-state index contributed by atoms with van der Waals surface area (Å²) in [6, 6.07) is 16.2. The first kappa shape index (κ1) is 55.2. The highest BCUT2D eigenvalue weighted by molar-refractivity contribution is 7.04. The molecule has 0 bridgehead atoms. The van der Waals surface area contributed by atoms with E-state index in [9.17, 15) is 8.78 Å². The molecule has 404 valence electrons. The number of rotatable bonds is 6. The second kappa shape index (κ2) is 18.5. The normalized spacial score (nSPS) is 13.3. The molecule has 1 aliphatic rings. The molecule has 0 saturated heterocycles. The smallest absolute Gasteiger partial charge is 0.204 e. The summed E-state index contributed by atoms with van der Waals surface area (Å²) in [7, 11) is -3.48. The molecule has 79 heavy (non-hydrogen) atoms. The quantitative estimate of drug-likeness (QED) is 0.0512. The van der Waals surface area contributed by atoms with Gasteiger partial charge in [-0.25, -0.2) is 79.0 Å². The van der Waals surface area contributed by atoms with Gasteiger partial charge in [0.05, 0.1) is 0 Å². The topological polar surface area (TPSA) is 0 Å². The molecule has 1 heterocycles. The molecule has 10 rings (SSSR count). The van der Waals surface area contributed by atoms with Gasteiger partial charge in [-0.3, -0.25) is 0 Å². The number of fused-ring (bicyclic) bond motifs is 6. The van der Waals surface area contributed by atoms with Gasteiger partial charge in [0.1, 0.15) is 8.07 Å². The van der Waals surface area contributed by atoms with Crippen LogP contribution in [0.3, 0.4) is 0 Å². The number of halogens is 18. The van der Waals surface area contributed by atoms with Gasteiger partial charge in [0, 0.05) is 33.0 Å². The lowest BCUT2D eigenvalue weighted by atomic mass is 9.35.